The van der Waals surface area contributed by atoms with Crippen LogP contribution in [0.4, 0.5) is 5.69 Å². The third kappa shape index (κ3) is 4.93. The Labute approximate surface area is 174 Å². The van der Waals surface area contributed by atoms with E-state index in [0.717, 1.165) is 0 Å². The van der Waals surface area contributed by atoms with Gasteiger partial charge in [-0.3, -0.25) is 14.1 Å². The lowest BCUT2D eigenvalue weighted by molar-refractivity contribution is -0.131. The van der Waals surface area contributed by atoms with Crippen molar-refractivity contribution in [2.45, 2.75) is 25.3 Å². The second kappa shape index (κ2) is 8.63. The average Bonchev–Trinajstić information content (AvgIpc) is 2.69. The zero-order valence-electron chi connectivity index (χ0n) is 15.9. The molecular weight excluding hydrogens is 412 g/mol. The summed E-state index contributed by atoms with van der Waals surface area (Å²) in [6.07, 6.45) is 3.22. The summed E-state index contributed by atoms with van der Waals surface area (Å²) in [6, 6.07) is 14.4. The number of ether oxygens (including phenoxy) is 1. The number of hydrogen-bond donors (Lipinski definition) is 0. The fourth-order valence-corrected chi connectivity index (χ4v) is 4.29. The number of esters is 1. The second-order valence-corrected chi connectivity index (χ2v) is 8.67. The number of pyridine rings is 1. The van der Waals surface area contributed by atoms with Gasteiger partial charge < -0.3 is 4.74 Å². The van der Waals surface area contributed by atoms with Crippen LogP contribution in [0.2, 0.25) is 5.02 Å². The highest BCUT2D eigenvalue weighted by Crippen LogP contribution is 2.31. The highest BCUT2D eigenvalue weighted by Gasteiger charge is 2.26. The second-order valence-electron chi connectivity index (χ2n) is 6.37. The Morgan fingerprint density at radius 3 is 2.48 bits per heavy atom. The van der Waals surface area contributed by atoms with E-state index >= 15 is 0 Å². The van der Waals surface area contributed by atoms with Gasteiger partial charge in [0.15, 0.2) is 0 Å². The van der Waals surface area contributed by atoms with Crippen LogP contribution in [0.15, 0.2) is 71.9 Å². The van der Waals surface area contributed by atoms with E-state index in [0.29, 0.717) is 27.6 Å². The number of aryl methyl sites for hydroxylation is 1. The van der Waals surface area contributed by atoms with Gasteiger partial charge in [-0.1, -0.05) is 23.7 Å². The number of halogens is 1. The largest absolute Gasteiger partial charge is 0.426 e. The van der Waals surface area contributed by atoms with Crippen LogP contribution in [-0.2, 0) is 21.4 Å². The molecule has 29 heavy (non-hydrogen) atoms. The summed E-state index contributed by atoms with van der Waals surface area (Å²) < 4.78 is 33.3. The Morgan fingerprint density at radius 1 is 1.14 bits per heavy atom. The van der Waals surface area contributed by atoms with Gasteiger partial charge in [0.1, 0.15) is 5.75 Å². The molecule has 0 fully saturated rings. The first-order valence-electron chi connectivity index (χ1n) is 8.73. The number of carbonyl (C=O) groups excluding carboxylic acids is 1. The minimum Gasteiger partial charge on any atom is -0.426 e. The maximum Gasteiger partial charge on any atom is 0.308 e. The van der Waals surface area contributed by atoms with Gasteiger partial charge in [-0.05, 0) is 54.4 Å². The number of hydrogen-bond acceptors (Lipinski definition) is 5. The van der Waals surface area contributed by atoms with Crippen molar-refractivity contribution in [3.05, 3.63) is 83.1 Å². The summed E-state index contributed by atoms with van der Waals surface area (Å²) in [7, 11) is -3.92. The van der Waals surface area contributed by atoms with Gasteiger partial charge >= 0.3 is 5.97 Å². The number of nitrogens with zero attached hydrogens (tertiary/aromatic N) is 2. The molecule has 0 saturated heterocycles. The SMILES string of the molecule is CC(=O)Oc1cc(N(Cc2cccnc2)S(=O)(=O)c2ccc(Cl)cc2)ccc1C. The third-order valence-electron chi connectivity index (χ3n) is 4.16. The van der Waals surface area contributed by atoms with Crippen molar-refractivity contribution < 1.29 is 17.9 Å². The van der Waals surface area contributed by atoms with Crippen molar-refractivity contribution in [1.82, 2.24) is 4.98 Å². The molecule has 0 spiro atoms. The molecule has 0 radical (unpaired) electrons. The van der Waals surface area contributed by atoms with E-state index in [4.69, 9.17) is 16.3 Å². The van der Waals surface area contributed by atoms with E-state index in [9.17, 15) is 13.2 Å². The van der Waals surface area contributed by atoms with Crippen molar-refractivity contribution >= 4 is 33.3 Å². The van der Waals surface area contributed by atoms with Crippen LogP contribution in [0.1, 0.15) is 18.1 Å². The Morgan fingerprint density at radius 2 is 1.86 bits per heavy atom. The van der Waals surface area contributed by atoms with E-state index < -0.39 is 16.0 Å². The monoisotopic (exact) mass is 430 g/mol. The van der Waals surface area contributed by atoms with Crippen LogP contribution in [0, 0.1) is 6.92 Å². The third-order valence-corrected chi connectivity index (χ3v) is 6.20. The molecule has 0 N–H and O–H groups in total. The molecule has 0 aliphatic carbocycles. The number of rotatable bonds is 6. The van der Waals surface area contributed by atoms with E-state index in [-0.39, 0.29) is 11.4 Å². The van der Waals surface area contributed by atoms with Crippen molar-refractivity contribution in [3.8, 4) is 5.75 Å². The minimum absolute atomic E-state index is 0.0569. The van der Waals surface area contributed by atoms with Gasteiger partial charge in [-0.25, -0.2) is 8.42 Å². The highest BCUT2D eigenvalue weighted by atomic mass is 35.5. The maximum atomic E-state index is 13.4. The zero-order valence-corrected chi connectivity index (χ0v) is 17.4. The lowest BCUT2D eigenvalue weighted by Gasteiger charge is -2.25. The van der Waals surface area contributed by atoms with E-state index in [2.05, 4.69) is 4.98 Å². The van der Waals surface area contributed by atoms with Gasteiger partial charge in [0.25, 0.3) is 10.0 Å². The van der Waals surface area contributed by atoms with Crippen LogP contribution in [-0.4, -0.2) is 19.4 Å². The standard InChI is InChI=1S/C21H19ClN2O4S/c1-15-5-8-19(12-21(15)28-16(2)25)24(14-17-4-3-11-23-13-17)29(26,27)20-9-6-18(22)7-10-20/h3-13H,14H2,1-2H3. The minimum atomic E-state index is -3.92. The van der Waals surface area contributed by atoms with Crippen molar-refractivity contribution in [2.24, 2.45) is 0 Å². The van der Waals surface area contributed by atoms with Gasteiger partial charge in [0, 0.05) is 30.4 Å². The molecule has 2 aromatic carbocycles. The molecule has 8 heteroatoms. The molecule has 0 aliphatic heterocycles. The molecular formula is C21H19ClN2O4S. The molecule has 0 unspecified atom stereocenters. The summed E-state index contributed by atoms with van der Waals surface area (Å²) in [6.45, 7) is 3.13. The average molecular weight is 431 g/mol. The van der Waals surface area contributed by atoms with Crippen molar-refractivity contribution in [3.63, 3.8) is 0 Å². The van der Waals surface area contributed by atoms with Crippen LogP contribution in [0.25, 0.3) is 0 Å². The predicted octanol–water partition coefficient (Wildman–Crippen LogP) is 4.36. The van der Waals surface area contributed by atoms with E-state index in [1.54, 1.807) is 49.6 Å². The molecule has 0 saturated carbocycles. The van der Waals surface area contributed by atoms with Crippen LogP contribution in [0.5, 0.6) is 5.75 Å². The first kappa shape index (κ1) is 20.8. The topological polar surface area (TPSA) is 76.6 Å². The van der Waals surface area contributed by atoms with Gasteiger partial charge in [0.2, 0.25) is 0 Å². The number of sulfonamides is 1. The number of carbonyl (C=O) groups is 1. The zero-order chi connectivity index (χ0) is 21.0. The van der Waals surface area contributed by atoms with Crippen molar-refractivity contribution in [2.75, 3.05) is 4.31 Å². The Hall–Kier alpha value is -2.90. The quantitative estimate of drug-likeness (QED) is 0.429. The Balaban J connectivity index is 2.11. The Kier molecular flexibility index (Phi) is 6.20. The summed E-state index contributed by atoms with van der Waals surface area (Å²) in [4.78, 5) is 15.6. The molecule has 6 nitrogen and oxygen atoms in total. The molecule has 0 aliphatic rings. The molecule has 1 aromatic heterocycles. The molecule has 0 bridgehead atoms. The van der Waals surface area contributed by atoms with E-state index in [1.165, 1.54) is 35.5 Å². The molecule has 1 heterocycles. The first-order chi connectivity index (χ1) is 13.8. The van der Waals surface area contributed by atoms with Crippen LogP contribution < -0.4 is 9.04 Å². The smallest absolute Gasteiger partial charge is 0.308 e. The molecule has 0 atom stereocenters. The number of aromatic nitrogens is 1. The first-order valence-corrected chi connectivity index (χ1v) is 10.6. The summed E-state index contributed by atoms with van der Waals surface area (Å²) >= 11 is 5.91. The van der Waals surface area contributed by atoms with Gasteiger partial charge in [-0.15, -0.1) is 0 Å². The Bertz CT molecular complexity index is 1120. The summed E-state index contributed by atoms with van der Waals surface area (Å²) in [5.74, 6) is -0.179. The van der Waals surface area contributed by atoms with Gasteiger partial charge in [0.05, 0.1) is 17.1 Å². The number of anilines is 1. The number of benzene rings is 2. The van der Waals surface area contributed by atoms with E-state index in [1.807, 2.05) is 0 Å². The lowest BCUT2D eigenvalue weighted by Crippen LogP contribution is -2.30. The highest BCUT2D eigenvalue weighted by molar-refractivity contribution is 7.92. The van der Waals surface area contributed by atoms with Gasteiger partial charge in [-0.2, -0.15) is 0 Å². The maximum absolute atomic E-state index is 13.4. The molecule has 3 aromatic rings. The predicted molar refractivity (Wildman–Crippen MR) is 112 cm³/mol. The fourth-order valence-electron chi connectivity index (χ4n) is 2.72. The van der Waals surface area contributed by atoms with Crippen LogP contribution in [0.3, 0.4) is 0 Å². The van der Waals surface area contributed by atoms with Crippen LogP contribution >= 0.6 is 11.6 Å². The fraction of sp³-hybridized carbons (Fsp3) is 0.143. The lowest BCUT2D eigenvalue weighted by atomic mass is 10.2. The van der Waals surface area contributed by atoms with Crippen molar-refractivity contribution in [1.29, 1.82) is 0 Å². The molecule has 0 amide bonds. The summed E-state index contributed by atoms with van der Waals surface area (Å²) in [5.41, 5.74) is 1.79. The summed E-state index contributed by atoms with van der Waals surface area (Å²) in [5, 5.41) is 0.440. The normalized spacial score (nSPS) is 11.1. The molecule has 3 rings (SSSR count). The molecule has 150 valence electrons.